The highest BCUT2D eigenvalue weighted by Crippen LogP contribution is 2.30. The van der Waals surface area contributed by atoms with Crippen LogP contribution in [-0.2, 0) is 11.4 Å². The summed E-state index contributed by atoms with van der Waals surface area (Å²) in [5.41, 5.74) is 3.38. The van der Waals surface area contributed by atoms with E-state index >= 15 is 0 Å². The Bertz CT molecular complexity index is 1110. The zero-order valence-corrected chi connectivity index (χ0v) is 17.9. The Balaban J connectivity index is 1.68. The molecule has 0 saturated heterocycles. The molecular formula is C24H24N2O5. The van der Waals surface area contributed by atoms with Crippen molar-refractivity contribution in [1.29, 1.82) is 0 Å². The number of nitrogens with one attached hydrogen (secondary N) is 1. The quantitative estimate of drug-likeness (QED) is 0.418. The van der Waals surface area contributed by atoms with Gasteiger partial charge >= 0.3 is 0 Å². The van der Waals surface area contributed by atoms with E-state index in [9.17, 15) is 9.59 Å². The molecule has 0 radical (unpaired) electrons. The molecular weight excluding hydrogens is 396 g/mol. The number of anilines is 1. The van der Waals surface area contributed by atoms with Gasteiger partial charge in [0.15, 0.2) is 17.3 Å². The number of aryl methyl sites for hydroxylation is 2. The van der Waals surface area contributed by atoms with Gasteiger partial charge in [0, 0.05) is 11.6 Å². The SMILES string of the molecule is COc1cc(/C=C/C(=O)Nc2ccccc2C(C)=O)ccc1OCc1c(C)noc1C. The molecule has 0 fully saturated rings. The van der Waals surface area contributed by atoms with Crippen LogP contribution in [0.5, 0.6) is 11.5 Å². The molecule has 0 bridgehead atoms. The predicted octanol–water partition coefficient (Wildman–Crippen LogP) is 4.73. The van der Waals surface area contributed by atoms with Crippen molar-refractivity contribution in [2.75, 3.05) is 12.4 Å². The van der Waals surface area contributed by atoms with Crippen LogP contribution in [0.25, 0.3) is 6.08 Å². The van der Waals surface area contributed by atoms with E-state index in [0.29, 0.717) is 35.1 Å². The number of methoxy groups -OCH3 is 1. The Hall–Kier alpha value is -3.87. The molecule has 7 heteroatoms. The summed E-state index contributed by atoms with van der Waals surface area (Å²) >= 11 is 0. The Labute approximate surface area is 180 Å². The van der Waals surface area contributed by atoms with Crippen molar-refractivity contribution in [3.05, 3.63) is 76.7 Å². The fraction of sp³-hybridized carbons (Fsp3) is 0.208. The van der Waals surface area contributed by atoms with Gasteiger partial charge in [0.25, 0.3) is 0 Å². The van der Waals surface area contributed by atoms with E-state index in [-0.39, 0.29) is 11.7 Å². The number of nitrogens with zero attached hydrogens (tertiary/aromatic N) is 1. The topological polar surface area (TPSA) is 90.7 Å². The first-order valence-electron chi connectivity index (χ1n) is 9.70. The Morgan fingerprint density at radius 2 is 1.90 bits per heavy atom. The molecule has 160 valence electrons. The van der Waals surface area contributed by atoms with Crippen LogP contribution in [0.2, 0.25) is 0 Å². The number of carbonyl (C=O) groups excluding carboxylic acids is 2. The van der Waals surface area contributed by atoms with E-state index in [0.717, 1.165) is 16.8 Å². The van der Waals surface area contributed by atoms with Crippen molar-refractivity contribution < 1.29 is 23.6 Å². The van der Waals surface area contributed by atoms with Crippen LogP contribution in [-0.4, -0.2) is 24.0 Å². The Morgan fingerprint density at radius 1 is 1.13 bits per heavy atom. The van der Waals surface area contributed by atoms with E-state index in [4.69, 9.17) is 14.0 Å². The third kappa shape index (κ3) is 5.39. The van der Waals surface area contributed by atoms with Gasteiger partial charge in [-0.05, 0) is 56.7 Å². The van der Waals surface area contributed by atoms with Crippen molar-refractivity contribution in [1.82, 2.24) is 5.16 Å². The van der Waals surface area contributed by atoms with Gasteiger partial charge in [-0.15, -0.1) is 0 Å². The fourth-order valence-electron chi connectivity index (χ4n) is 3.01. The summed E-state index contributed by atoms with van der Waals surface area (Å²) in [6.07, 6.45) is 3.06. The van der Waals surface area contributed by atoms with E-state index in [1.807, 2.05) is 19.9 Å². The average molecular weight is 420 g/mol. The summed E-state index contributed by atoms with van der Waals surface area (Å²) in [5.74, 6) is 1.37. The normalized spacial score (nSPS) is 10.8. The van der Waals surface area contributed by atoms with Crippen LogP contribution >= 0.6 is 0 Å². The maximum Gasteiger partial charge on any atom is 0.248 e. The number of para-hydroxylation sites is 1. The lowest BCUT2D eigenvalue weighted by atomic mass is 10.1. The van der Waals surface area contributed by atoms with Crippen molar-refractivity contribution >= 4 is 23.5 Å². The molecule has 1 heterocycles. The van der Waals surface area contributed by atoms with Crippen molar-refractivity contribution in [2.24, 2.45) is 0 Å². The number of hydrogen-bond donors (Lipinski definition) is 1. The Kier molecular flexibility index (Phi) is 6.87. The summed E-state index contributed by atoms with van der Waals surface area (Å²) < 4.78 is 16.4. The number of aromatic nitrogens is 1. The summed E-state index contributed by atoms with van der Waals surface area (Å²) in [6.45, 7) is 5.47. The maximum atomic E-state index is 12.3. The molecule has 3 aromatic rings. The lowest BCUT2D eigenvalue weighted by molar-refractivity contribution is -0.111. The first-order chi connectivity index (χ1) is 14.9. The van der Waals surface area contributed by atoms with Gasteiger partial charge in [-0.3, -0.25) is 9.59 Å². The molecule has 7 nitrogen and oxygen atoms in total. The number of Topliss-reactive ketones (excluding diaryl/α,β-unsaturated/α-hetero) is 1. The number of amides is 1. The van der Waals surface area contributed by atoms with Gasteiger partial charge < -0.3 is 19.3 Å². The smallest absolute Gasteiger partial charge is 0.248 e. The monoisotopic (exact) mass is 420 g/mol. The standard InChI is InChI=1S/C24H24N2O5/c1-15-20(17(3)31-26-15)14-30-22-11-9-18(13-23(22)29-4)10-12-24(28)25-21-8-6-5-7-19(21)16(2)27/h5-13H,14H2,1-4H3,(H,25,28)/b12-10+. The van der Waals surface area contributed by atoms with Gasteiger partial charge in [0.05, 0.1) is 24.1 Å². The molecule has 1 N–H and O–H groups in total. The summed E-state index contributed by atoms with van der Waals surface area (Å²) in [5, 5.41) is 6.65. The van der Waals surface area contributed by atoms with Gasteiger partial charge in [0.1, 0.15) is 12.4 Å². The molecule has 2 aromatic carbocycles. The number of carbonyl (C=O) groups is 2. The van der Waals surface area contributed by atoms with Crippen LogP contribution in [0.1, 0.15) is 39.9 Å². The number of hydrogen-bond acceptors (Lipinski definition) is 6. The van der Waals surface area contributed by atoms with Crippen molar-refractivity contribution in [3.63, 3.8) is 0 Å². The second-order valence-corrected chi connectivity index (χ2v) is 6.93. The molecule has 0 aliphatic carbocycles. The first-order valence-corrected chi connectivity index (χ1v) is 9.70. The number of ether oxygens (including phenoxy) is 2. The van der Waals surface area contributed by atoms with Crippen LogP contribution in [0.3, 0.4) is 0 Å². The third-order valence-electron chi connectivity index (χ3n) is 4.73. The molecule has 31 heavy (non-hydrogen) atoms. The van der Waals surface area contributed by atoms with Gasteiger partial charge in [-0.1, -0.05) is 23.4 Å². The van der Waals surface area contributed by atoms with Crippen LogP contribution in [0.4, 0.5) is 5.69 Å². The minimum Gasteiger partial charge on any atom is -0.493 e. The third-order valence-corrected chi connectivity index (χ3v) is 4.73. The van der Waals surface area contributed by atoms with Crippen LogP contribution in [0.15, 0.2) is 53.1 Å². The molecule has 0 aliphatic rings. The second-order valence-electron chi connectivity index (χ2n) is 6.93. The predicted molar refractivity (Wildman–Crippen MR) is 117 cm³/mol. The first kappa shape index (κ1) is 21.8. The molecule has 0 unspecified atom stereocenters. The molecule has 1 amide bonds. The minimum atomic E-state index is -0.341. The van der Waals surface area contributed by atoms with E-state index < -0.39 is 0 Å². The lowest BCUT2D eigenvalue weighted by Crippen LogP contribution is -2.11. The summed E-state index contributed by atoms with van der Waals surface area (Å²) in [4.78, 5) is 24.0. The van der Waals surface area contributed by atoms with Crippen LogP contribution in [0, 0.1) is 13.8 Å². The molecule has 0 saturated carbocycles. The van der Waals surface area contributed by atoms with Crippen molar-refractivity contribution in [2.45, 2.75) is 27.4 Å². The Morgan fingerprint density at radius 3 is 2.58 bits per heavy atom. The highest BCUT2D eigenvalue weighted by Gasteiger charge is 2.12. The highest BCUT2D eigenvalue weighted by molar-refractivity contribution is 6.07. The number of rotatable bonds is 8. The fourth-order valence-corrected chi connectivity index (χ4v) is 3.01. The molecule has 1 aromatic heterocycles. The van der Waals surface area contributed by atoms with Crippen LogP contribution < -0.4 is 14.8 Å². The highest BCUT2D eigenvalue weighted by atomic mass is 16.5. The van der Waals surface area contributed by atoms with E-state index in [2.05, 4.69) is 10.5 Å². The number of ketones is 1. The van der Waals surface area contributed by atoms with E-state index in [1.54, 1.807) is 49.6 Å². The number of benzene rings is 2. The molecule has 0 atom stereocenters. The van der Waals surface area contributed by atoms with Crippen molar-refractivity contribution in [3.8, 4) is 11.5 Å². The minimum absolute atomic E-state index is 0.114. The molecule has 3 rings (SSSR count). The van der Waals surface area contributed by atoms with E-state index in [1.165, 1.54) is 13.0 Å². The zero-order chi connectivity index (χ0) is 22.4. The zero-order valence-electron chi connectivity index (χ0n) is 17.9. The molecule has 0 spiro atoms. The van der Waals surface area contributed by atoms with Gasteiger partial charge in [0.2, 0.25) is 5.91 Å². The summed E-state index contributed by atoms with van der Waals surface area (Å²) in [6, 6.07) is 12.3. The average Bonchev–Trinajstić information content (AvgIpc) is 3.08. The second kappa shape index (κ2) is 9.75. The molecule has 0 aliphatic heterocycles. The maximum absolute atomic E-state index is 12.3. The van der Waals surface area contributed by atoms with Gasteiger partial charge in [-0.2, -0.15) is 0 Å². The lowest BCUT2D eigenvalue weighted by Gasteiger charge is -2.11. The largest absolute Gasteiger partial charge is 0.493 e. The van der Waals surface area contributed by atoms with Gasteiger partial charge in [-0.25, -0.2) is 0 Å². The summed E-state index contributed by atoms with van der Waals surface area (Å²) in [7, 11) is 1.55.